The Labute approximate surface area is 165 Å². The molecule has 0 spiro atoms. The minimum Gasteiger partial charge on any atom is -0.458 e. The summed E-state index contributed by atoms with van der Waals surface area (Å²) in [5.41, 5.74) is -0.393. The Hall–Kier alpha value is -2.15. The van der Waals surface area contributed by atoms with Crippen molar-refractivity contribution < 1.29 is 28.2 Å². The number of nitrogens with one attached hydrogen (secondary N) is 1. The molecular formula is C21H30FNO5. The topological polar surface area (TPSA) is 73.9 Å². The summed E-state index contributed by atoms with van der Waals surface area (Å²) in [6.45, 7) is 6.28. The molecule has 0 unspecified atom stereocenters. The third kappa shape index (κ3) is 8.25. The van der Waals surface area contributed by atoms with Crippen molar-refractivity contribution in [3.63, 3.8) is 0 Å². The molecule has 0 aromatic heterocycles. The van der Waals surface area contributed by atoms with Crippen LogP contribution in [0.4, 0.5) is 14.9 Å². The summed E-state index contributed by atoms with van der Waals surface area (Å²) in [6, 6.07) is 5.97. The lowest BCUT2D eigenvalue weighted by atomic mass is 9.83. The molecule has 6 nitrogen and oxygen atoms in total. The minimum atomic E-state index is -0.645. The van der Waals surface area contributed by atoms with Gasteiger partial charge in [0.2, 0.25) is 0 Å². The molecule has 0 atom stereocenters. The van der Waals surface area contributed by atoms with Gasteiger partial charge in [-0.15, -0.1) is 0 Å². The van der Waals surface area contributed by atoms with Gasteiger partial charge in [0, 0.05) is 0 Å². The van der Waals surface area contributed by atoms with E-state index in [9.17, 15) is 14.0 Å². The number of anilines is 1. The van der Waals surface area contributed by atoms with E-state index in [0.29, 0.717) is 19.1 Å². The van der Waals surface area contributed by atoms with Crippen LogP contribution in [0.5, 0.6) is 0 Å². The second-order valence-electron chi connectivity index (χ2n) is 8.19. The lowest BCUT2D eigenvalue weighted by molar-refractivity contribution is -0.160. The first-order valence-corrected chi connectivity index (χ1v) is 9.71. The fourth-order valence-corrected chi connectivity index (χ4v) is 3.15. The number of carbonyl (C=O) groups excluding carboxylic acids is 2. The van der Waals surface area contributed by atoms with Crippen molar-refractivity contribution in [3.8, 4) is 0 Å². The van der Waals surface area contributed by atoms with Gasteiger partial charge < -0.3 is 14.2 Å². The van der Waals surface area contributed by atoms with Crippen molar-refractivity contribution in [2.45, 2.75) is 52.1 Å². The third-order valence-electron chi connectivity index (χ3n) is 4.52. The van der Waals surface area contributed by atoms with Crippen LogP contribution in [-0.4, -0.2) is 37.5 Å². The zero-order chi connectivity index (χ0) is 20.6. The van der Waals surface area contributed by atoms with E-state index in [2.05, 4.69) is 5.32 Å². The molecule has 1 aliphatic carbocycles. The highest BCUT2D eigenvalue weighted by molar-refractivity contribution is 5.84. The quantitative estimate of drug-likeness (QED) is 0.686. The molecule has 0 saturated heterocycles. The van der Waals surface area contributed by atoms with Crippen LogP contribution in [0.25, 0.3) is 0 Å². The Bertz CT molecular complexity index is 650. The van der Waals surface area contributed by atoms with Gasteiger partial charge in [0.15, 0.2) is 0 Å². The van der Waals surface area contributed by atoms with Crippen molar-refractivity contribution in [2.75, 3.05) is 25.1 Å². The summed E-state index contributed by atoms with van der Waals surface area (Å²) in [4.78, 5) is 23.4. The predicted molar refractivity (Wildman–Crippen MR) is 103 cm³/mol. The molecular weight excluding hydrogens is 365 g/mol. The molecule has 1 saturated carbocycles. The molecule has 0 aliphatic heterocycles. The summed E-state index contributed by atoms with van der Waals surface area (Å²) in [5, 5.41) is 2.41. The van der Waals surface area contributed by atoms with Crippen LogP contribution in [0.15, 0.2) is 24.3 Å². The van der Waals surface area contributed by atoms with Gasteiger partial charge in [-0.2, -0.15) is 0 Å². The zero-order valence-electron chi connectivity index (χ0n) is 16.8. The van der Waals surface area contributed by atoms with Gasteiger partial charge in [0.05, 0.1) is 18.9 Å². The molecule has 0 radical (unpaired) electrons. The van der Waals surface area contributed by atoms with E-state index >= 15 is 0 Å². The number of rotatable bonds is 7. The molecule has 156 valence electrons. The fraction of sp³-hybridized carbons (Fsp3) is 0.619. The number of para-hydroxylation sites is 1. The molecule has 2 rings (SSSR count). The normalized spacial score (nSPS) is 19.7. The first-order valence-electron chi connectivity index (χ1n) is 9.71. The number of amides is 1. The molecule has 1 fully saturated rings. The molecule has 1 aromatic carbocycles. The molecule has 1 N–H and O–H groups in total. The van der Waals surface area contributed by atoms with Gasteiger partial charge >= 0.3 is 12.1 Å². The van der Waals surface area contributed by atoms with Crippen molar-refractivity contribution in [1.29, 1.82) is 0 Å². The van der Waals surface area contributed by atoms with E-state index in [1.807, 2.05) is 20.8 Å². The summed E-state index contributed by atoms with van der Waals surface area (Å²) in [6.07, 6.45) is 3.11. The molecule has 1 aromatic rings. The number of halogens is 1. The van der Waals surface area contributed by atoms with Crippen LogP contribution >= 0.6 is 0 Å². The van der Waals surface area contributed by atoms with Crippen LogP contribution < -0.4 is 5.32 Å². The third-order valence-corrected chi connectivity index (χ3v) is 4.52. The van der Waals surface area contributed by atoms with Gasteiger partial charge in [0.25, 0.3) is 0 Å². The Kier molecular flexibility index (Phi) is 8.23. The van der Waals surface area contributed by atoms with Gasteiger partial charge in [0.1, 0.15) is 18.0 Å². The fourth-order valence-electron chi connectivity index (χ4n) is 3.15. The Balaban J connectivity index is 1.59. The van der Waals surface area contributed by atoms with Crippen molar-refractivity contribution in [3.05, 3.63) is 30.1 Å². The highest BCUT2D eigenvalue weighted by Gasteiger charge is 2.23. The van der Waals surface area contributed by atoms with Gasteiger partial charge in [-0.3, -0.25) is 5.32 Å². The van der Waals surface area contributed by atoms with Crippen molar-refractivity contribution in [1.82, 2.24) is 0 Å². The number of ether oxygens (including phenoxy) is 3. The maximum atomic E-state index is 13.5. The largest absolute Gasteiger partial charge is 0.458 e. The van der Waals surface area contributed by atoms with E-state index in [0.717, 1.165) is 25.7 Å². The van der Waals surface area contributed by atoms with Crippen LogP contribution in [0, 0.1) is 17.7 Å². The van der Waals surface area contributed by atoms with Crippen molar-refractivity contribution >= 4 is 17.7 Å². The van der Waals surface area contributed by atoms with E-state index < -0.39 is 17.5 Å². The molecule has 0 bridgehead atoms. The molecule has 1 aliphatic rings. The van der Waals surface area contributed by atoms with Crippen LogP contribution in [0.2, 0.25) is 0 Å². The number of hydrogen-bond acceptors (Lipinski definition) is 5. The first-order chi connectivity index (χ1) is 13.2. The Morgan fingerprint density at radius 3 is 2.29 bits per heavy atom. The number of esters is 1. The van der Waals surface area contributed by atoms with Gasteiger partial charge in [-0.1, -0.05) is 12.1 Å². The number of carbonyl (C=O) groups is 2. The van der Waals surface area contributed by atoms with Crippen LogP contribution in [0.3, 0.4) is 0 Å². The van der Waals surface area contributed by atoms with E-state index in [1.165, 1.54) is 12.1 Å². The lowest BCUT2D eigenvalue weighted by Gasteiger charge is -2.28. The standard InChI is InChI=1S/C21H30FNO5/c1-21(2,3)28-19(24)14-26-12-15-8-10-16(11-9-15)13-27-20(25)23-18-7-5-4-6-17(18)22/h4-7,15-16H,8-14H2,1-3H3,(H,23,25). The van der Waals surface area contributed by atoms with Crippen LogP contribution in [-0.2, 0) is 19.0 Å². The number of hydrogen-bond donors (Lipinski definition) is 1. The molecule has 1 amide bonds. The summed E-state index contributed by atoms with van der Waals surface area (Å²) in [5.74, 6) is -0.166. The monoisotopic (exact) mass is 395 g/mol. The Morgan fingerprint density at radius 1 is 1.07 bits per heavy atom. The molecule has 7 heteroatoms. The maximum Gasteiger partial charge on any atom is 0.411 e. The van der Waals surface area contributed by atoms with E-state index in [-0.39, 0.29) is 24.2 Å². The lowest BCUT2D eigenvalue weighted by Crippen LogP contribution is -2.28. The smallest absolute Gasteiger partial charge is 0.411 e. The average Bonchev–Trinajstić information content (AvgIpc) is 2.61. The summed E-state index contributed by atoms with van der Waals surface area (Å²) < 4.78 is 29.4. The SMILES string of the molecule is CC(C)(C)OC(=O)COCC1CCC(COC(=O)Nc2ccccc2F)CC1. The van der Waals surface area contributed by atoms with Gasteiger partial charge in [-0.25, -0.2) is 14.0 Å². The summed E-state index contributed by atoms with van der Waals surface area (Å²) in [7, 11) is 0. The van der Waals surface area contributed by atoms with Crippen molar-refractivity contribution in [2.24, 2.45) is 11.8 Å². The Morgan fingerprint density at radius 2 is 1.68 bits per heavy atom. The van der Waals surface area contributed by atoms with E-state index in [1.54, 1.807) is 12.1 Å². The first kappa shape index (κ1) is 22.1. The zero-order valence-corrected chi connectivity index (χ0v) is 16.8. The highest BCUT2D eigenvalue weighted by atomic mass is 19.1. The average molecular weight is 395 g/mol. The highest BCUT2D eigenvalue weighted by Crippen LogP contribution is 2.29. The molecule has 0 heterocycles. The second kappa shape index (κ2) is 10.4. The number of benzene rings is 1. The van der Waals surface area contributed by atoms with Crippen LogP contribution in [0.1, 0.15) is 46.5 Å². The summed E-state index contributed by atoms with van der Waals surface area (Å²) >= 11 is 0. The minimum absolute atomic E-state index is 0.0312. The van der Waals surface area contributed by atoms with E-state index in [4.69, 9.17) is 14.2 Å². The maximum absolute atomic E-state index is 13.5. The predicted octanol–water partition coefficient (Wildman–Crippen LogP) is 4.54. The molecule has 28 heavy (non-hydrogen) atoms. The van der Waals surface area contributed by atoms with Gasteiger partial charge in [-0.05, 0) is 70.4 Å². The second-order valence-corrected chi connectivity index (χ2v) is 8.19.